The van der Waals surface area contributed by atoms with Gasteiger partial charge in [-0.05, 0) is 69.4 Å². The monoisotopic (exact) mass is 712 g/mol. The zero-order valence-electron chi connectivity index (χ0n) is 28.3. The molecule has 6 rings (SSSR count). The minimum Gasteiger partial charge on any atom is -0.476 e. The van der Waals surface area contributed by atoms with Gasteiger partial charge in [0, 0.05) is 12.3 Å². The molecule has 2 aromatic rings. The summed E-state index contributed by atoms with van der Waals surface area (Å²) >= 11 is 0. The van der Waals surface area contributed by atoms with Crippen LogP contribution in [0.15, 0.2) is 36.4 Å². The first kappa shape index (κ1) is 35.4. The lowest BCUT2D eigenvalue weighted by atomic mass is 9.88. The molecule has 270 valence electrons. The number of hydrogen-bond acceptors (Lipinski definition) is 10. The molecule has 2 aliphatic carbocycles. The number of nitrogens with one attached hydrogen (secondary N) is 3. The van der Waals surface area contributed by atoms with E-state index in [1.165, 1.54) is 4.90 Å². The molecule has 16 heteroatoms. The molecule has 3 fully saturated rings. The molecule has 2 aliphatic heterocycles. The molecular weight excluding hydrogens is 668 g/mol. The third-order valence-corrected chi connectivity index (χ3v) is 11.9. The van der Waals surface area contributed by atoms with Gasteiger partial charge < -0.3 is 30.1 Å². The van der Waals surface area contributed by atoms with Gasteiger partial charge in [0.05, 0.1) is 29.2 Å². The van der Waals surface area contributed by atoms with Crippen molar-refractivity contribution in [3.05, 3.63) is 36.4 Å². The first-order valence-electron chi connectivity index (χ1n) is 17.2. The molecule has 3 heterocycles. The van der Waals surface area contributed by atoms with Crippen LogP contribution in [0.3, 0.4) is 0 Å². The Bertz CT molecular complexity index is 1800. The van der Waals surface area contributed by atoms with Crippen LogP contribution in [0.5, 0.6) is 11.8 Å². The minimum atomic E-state index is -3.90. The Labute approximate surface area is 290 Å². The molecule has 1 aromatic carbocycles. The molecule has 15 nitrogen and oxygen atoms in total. The summed E-state index contributed by atoms with van der Waals surface area (Å²) in [5.74, 6) is -2.34. The van der Waals surface area contributed by atoms with Crippen molar-refractivity contribution in [3.63, 3.8) is 0 Å². The van der Waals surface area contributed by atoms with Gasteiger partial charge in [0.25, 0.3) is 5.91 Å². The summed E-state index contributed by atoms with van der Waals surface area (Å²) < 4.78 is 39.7. The summed E-state index contributed by atoms with van der Waals surface area (Å²) in [6.45, 7) is 5.95. The van der Waals surface area contributed by atoms with Crippen molar-refractivity contribution in [1.82, 2.24) is 30.5 Å². The second-order valence-electron chi connectivity index (χ2n) is 14.0. The fraction of sp³-hybridized carbons (Fsp3) is 0.588. The van der Waals surface area contributed by atoms with Crippen molar-refractivity contribution < 1.29 is 42.2 Å². The average Bonchev–Trinajstić information content (AvgIpc) is 3.99. The van der Waals surface area contributed by atoms with Crippen molar-refractivity contribution in [1.29, 1.82) is 0 Å². The van der Waals surface area contributed by atoms with Crippen LogP contribution in [0.25, 0.3) is 10.8 Å². The predicted octanol–water partition coefficient (Wildman–Crippen LogP) is 2.51. The van der Waals surface area contributed by atoms with Crippen molar-refractivity contribution in [2.75, 3.05) is 13.2 Å². The van der Waals surface area contributed by atoms with Gasteiger partial charge in [-0.1, -0.05) is 38.1 Å². The molecule has 0 bridgehead atoms. The number of benzene rings is 1. The number of carboxylic acid groups (broad SMARTS) is 1. The summed E-state index contributed by atoms with van der Waals surface area (Å²) in [6, 6.07) is 4.91. The number of carbonyl (C=O) groups is 4. The minimum absolute atomic E-state index is 0.00998. The summed E-state index contributed by atoms with van der Waals surface area (Å²) in [5.41, 5.74) is -1.53. The molecule has 0 spiro atoms. The molecule has 2 saturated carbocycles. The van der Waals surface area contributed by atoms with Gasteiger partial charge in [-0.2, -0.15) is 0 Å². The first-order valence-corrected chi connectivity index (χ1v) is 18.8. The molecule has 1 aromatic heterocycles. The van der Waals surface area contributed by atoms with Crippen molar-refractivity contribution in [2.24, 2.45) is 17.8 Å². The second-order valence-corrected chi connectivity index (χ2v) is 15.9. The lowest BCUT2D eigenvalue weighted by Gasteiger charge is -2.32. The molecule has 50 heavy (non-hydrogen) atoms. The number of carbonyl (C=O) groups excluding carboxylic acids is 3. The maximum Gasteiger partial charge on any atom is 0.405 e. The van der Waals surface area contributed by atoms with Gasteiger partial charge in [-0.25, -0.2) is 13.2 Å². The molecule has 4 amide bonds. The summed E-state index contributed by atoms with van der Waals surface area (Å²) in [5, 5.41) is 24.0. The SMILES string of the molecule is CCOc1nnc(O[C@@H]2C[C@H]3C(=O)NC4(C(=O)NS(=O)(=O)C5CC5)CC4/C=C\CC[C@H](C)C[C@@H](C)[C@H](NC(=O)O)C(=O)N3C2)c2ccccc12. The molecule has 2 unspecified atom stereocenters. The van der Waals surface area contributed by atoms with Crippen LogP contribution in [-0.2, 0) is 24.4 Å². The lowest BCUT2D eigenvalue weighted by Crippen LogP contribution is -2.59. The fourth-order valence-electron chi connectivity index (χ4n) is 7.17. The topological polar surface area (TPSA) is 206 Å². The molecular formula is C34H44N6O9S. The highest BCUT2D eigenvalue weighted by molar-refractivity contribution is 7.91. The van der Waals surface area contributed by atoms with Crippen molar-refractivity contribution in [3.8, 4) is 11.8 Å². The Hall–Kier alpha value is -4.47. The normalized spacial score (nSPS) is 30.9. The van der Waals surface area contributed by atoms with E-state index in [1.54, 1.807) is 19.1 Å². The maximum absolute atomic E-state index is 14.3. The molecule has 4 aliphatic rings. The predicted molar refractivity (Wildman–Crippen MR) is 181 cm³/mol. The van der Waals surface area contributed by atoms with E-state index in [1.807, 2.05) is 38.1 Å². The van der Waals surface area contributed by atoms with E-state index in [-0.39, 0.29) is 31.2 Å². The van der Waals surface area contributed by atoms with Crippen LogP contribution in [0.1, 0.15) is 65.7 Å². The Kier molecular flexibility index (Phi) is 9.93. The van der Waals surface area contributed by atoms with Gasteiger partial charge >= 0.3 is 6.09 Å². The highest BCUT2D eigenvalue weighted by Crippen LogP contribution is 2.46. The number of ether oxygens (including phenoxy) is 2. The summed E-state index contributed by atoms with van der Waals surface area (Å²) in [7, 11) is -3.90. The quantitative estimate of drug-likeness (QED) is 0.293. The Morgan fingerprint density at radius 3 is 2.46 bits per heavy atom. The van der Waals surface area contributed by atoms with E-state index in [9.17, 15) is 32.7 Å². The highest BCUT2D eigenvalue weighted by Gasteiger charge is 2.62. The van der Waals surface area contributed by atoms with Gasteiger partial charge in [0.2, 0.25) is 33.6 Å². The zero-order valence-corrected chi connectivity index (χ0v) is 29.1. The van der Waals surface area contributed by atoms with Gasteiger partial charge in [-0.3, -0.25) is 19.1 Å². The van der Waals surface area contributed by atoms with Gasteiger partial charge in [-0.15, -0.1) is 10.2 Å². The van der Waals surface area contributed by atoms with E-state index < -0.39 is 74.7 Å². The van der Waals surface area contributed by atoms with Crippen LogP contribution in [-0.4, -0.2) is 94.6 Å². The highest BCUT2D eigenvalue weighted by atomic mass is 32.2. The van der Waals surface area contributed by atoms with Crippen LogP contribution >= 0.6 is 0 Å². The van der Waals surface area contributed by atoms with E-state index >= 15 is 0 Å². The van der Waals surface area contributed by atoms with E-state index in [2.05, 4.69) is 25.6 Å². The van der Waals surface area contributed by atoms with Crippen LogP contribution in [0.2, 0.25) is 0 Å². The number of amides is 4. The zero-order chi connectivity index (χ0) is 35.8. The third-order valence-electron chi connectivity index (χ3n) is 10.1. The summed E-state index contributed by atoms with van der Waals surface area (Å²) in [4.78, 5) is 55.4. The number of allylic oxidation sites excluding steroid dienone is 1. The maximum atomic E-state index is 14.3. The number of fused-ring (bicyclic) bond motifs is 3. The van der Waals surface area contributed by atoms with Crippen LogP contribution in [0.4, 0.5) is 4.79 Å². The van der Waals surface area contributed by atoms with Crippen LogP contribution < -0.4 is 24.8 Å². The first-order chi connectivity index (χ1) is 23.8. The van der Waals surface area contributed by atoms with Crippen LogP contribution in [0, 0.1) is 17.8 Å². The smallest absolute Gasteiger partial charge is 0.405 e. The molecule has 4 N–H and O–H groups in total. The Morgan fingerprint density at radius 1 is 1.08 bits per heavy atom. The number of rotatable bonds is 8. The number of sulfonamides is 1. The standard InChI is InChI=1S/C34H44N6O9S/c1-4-48-29-24-11-7-8-12-25(24)30(38-37-29)49-22-16-26-28(41)36-34(32(43)39-50(46,47)23-13-14-23)17-21(34)10-6-5-9-19(2)15-20(3)27(35-33(44)45)31(42)40(26)18-22/h6-8,10-12,19-23,26-27,35H,4-5,9,13-18H2,1-3H3,(H,36,41)(H,39,43)(H,44,45)/b10-6-/t19-,20+,21?,22+,26-,27-,34?/m0/s1. The second kappa shape index (κ2) is 14.0. The Balaban J connectivity index is 1.33. The third kappa shape index (κ3) is 7.35. The molecule has 0 radical (unpaired) electrons. The number of nitrogens with zero attached hydrogens (tertiary/aromatic N) is 3. The van der Waals surface area contributed by atoms with Gasteiger partial charge in [0.1, 0.15) is 23.7 Å². The average molecular weight is 713 g/mol. The summed E-state index contributed by atoms with van der Waals surface area (Å²) in [6.07, 6.45) is 4.65. The van der Waals surface area contributed by atoms with Crippen molar-refractivity contribution in [2.45, 2.75) is 94.7 Å². The Morgan fingerprint density at radius 2 is 1.78 bits per heavy atom. The van der Waals surface area contributed by atoms with Crippen molar-refractivity contribution >= 4 is 44.6 Å². The number of hydrogen-bond donors (Lipinski definition) is 4. The van der Waals surface area contributed by atoms with Gasteiger partial charge in [0.15, 0.2) is 0 Å². The lowest BCUT2D eigenvalue weighted by molar-refractivity contribution is -0.142. The molecule has 1 saturated heterocycles. The number of aromatic nitrogens is 2. The molecule has 7 atom stereocenters. The fourth-order valence-corrected chi connectivity index (χ4v) is 8.54. The van der Waals surface area contributed by atoms with E-state index in [4.69, 9.17) is 9.47 Å². The largest absolute Gasteiger partial charge is 0.476 e. The van der Waals surface area contributed by atoms with E-state index in [0.717, 1.165) is 6.42 Å². The van der Waals surface area contributed by atoms with E-state index in [0.29, 0.717) is 48.9 Å².